The van der Waals surface area contributed by atoms with Gasteiger partial charge >= 0.3 is 0 Å². The monoisotopic (exact) mass is 259 g/mol. The van der Waals surface area contributed by atoms with E-state index in [4.69, 9.17) is 5.73 Å². The Labute approximate surface area is 111 Å². The highest BCUT2D eigenvalue weighted by molar-refractivity contribution is 5.49. The van der Waals surface area contributed by atoms with Gasteiger partial charge in [0.25, 0.3) is 0 Å². The predicted octanol–water partition coefficient (Wildman–Crippen LogP) is 3.42. The fourth-order valence-corrected chi connectivity index (χ4v) is 3.08. The molecule has 0 fully saturated rings. The van der Waals surface area contributed by atoms with Crippen LogP contribution in [0.1, 0.15) is 28.7 Å². The molecule has 19 heavy (non-hydrogen) atoms. The molecular formula is C16H15F2N. The van der Waals surface area contributed by atoms with E-state index >= 15 is 0 Å². The van der Waals surface area contributed by atoms with Crippen molar-refractivity contribution in [3.63, 3.8) is 0 Å². The van der Waals surface area contributed by atoms with Gasteiger partial charge in [0.15, 0.2) is 0 Å². The average Bonchev–Trinajstić information content (AvgIpc) is 2.67. The standard InChI is InChI=1S/C16H15F2N/c1-10-8-12(17)2-4-14(10)16(19)7-6-11-9-13(18)3-5-15(11)16/h2-5,8-9H,6-7,19H2,1H3. The highest BCUT2D eigenvalue weighted by Gasteiger charge is 2.37. The van der Waals surface area contributed by atoms with Gasteiger partial charge in [-0.2, -0.15) is 0 Å². The van der Waals surface area contributed by atoms with Crippen LogP contribution in [0.4, 0.5) is 8.78 Å². The zero-order chi connectivity index (χ0) is 13.6. The van der Waals surface area contributed by atoms with Crippen molar-refractivity contribution >= 4 is 0 Å². The number of aryl methyl sites for hydroxylation is 2. The van der Waals surface area contributed by atoms with Gasteiger partial charge in [0.2, 0.25) is 0 Å². The van der Waals surface area contributed by atoms with Crippen LogP contribution >= 0.6 is 0 Å². The third-order valence-electron chi connectivity index (χ3n) is 4.01. The molecule has 3 heteroatoms. The number of benzene rings is 2. The number of hydrogen-bond acceptors (Lipinski definition) is 1. The number of hydrogen-bond donors (Lipinski definition) is 1. The van der Waals surface area contributed by atoms with Crippen LogP contribution in [0.2, 0.25) is 0 Å². The van der Waals surface area contributed by atoms with Gasteiger partial charge < -0.3 is 5.73 Å². The lowest BCUT2D eigenvalue weighted by Crippen LogP contribution is -2.36. The zero-order valence-electron chi connectivity index (χ0n) is 10.7. The molecule has 3 rings (SSSR count). The third kappa shape index (κ3) is 1.85. The molecule has 0 amide bonds. The molecule has 1 nitrogen and oxygen atoms in total. The van der Waals surface area contributed by atoms with Crippen LogP contribution in [-0.2, 0) is 12.0 Å². The lowest BCUT2D eigenvalue weighted by atomic mass is 9.83. The van der Waals surface area contributed by atoms with E-state index in [2.05, 4.69) is 0 Å². The average molecular weight is 259 g/mol. The van der Waals surface area contributed by atoms with E-state index in [1.807, 2.05) is 6.92 Å². The van der Waals surface area contributed by atoms with Crippen molar-refractivity contribution in [1.29, 1.82) is 0 Å². The summed E-state index contributed by atoms with van der Waals surface area (Å²) < 4.78 is 26.5. The van der Waals surface area contributed by atoms with E-state index in [9.17, 15) is 8.78 Å². The molecule has 98 valence electrons. The Morgan fingerprint density at radius 2 is 1.63 bits per heavy atom. The molecular weight excluding hydrogens is 244 g/mol. The fraction of sp³-hybridized carbons (Fsp3) is 0.250. The van der Waals surface area contributed by atoms with Gasteiger partial charge in [-0.15, -0.1) is 0 Å². The fourth-order valence-electron chi connectivity index (χ4n) is 3.08. The first kappa shape index (κ1) is 12.3. The smallest absolute Gasteiger partial charge is 0.123 e. The molecule has 0 aliphatic heterocycles. The van der Waals surface area contributed by atoms with E-state index in [1.165, 1.54) is 18.2 Å². The van der Waals surface area contributed by atoms with Crippen molar-refractivity contribution in [2.75, 3.05) is 0 Å². The lowest BCUT2D eigenvalue weighted by molar-refractivity contribution is 0.528. The first-order valence-electron chi connectivity index (χ1n) is 6.35. The van der Waals surface area contributed by atoms with Crippen molar-refractivity contribution in [2.45, 2.75) is 25.3 Å². The number of halogens is 2. The van der Waals surface area contributed by atoms with Crippen LogP contribution in [0, 0.1) is 18.6 Å². The predicted molar refractivity (Wildman–Crippen MR) is 70.8 cm³/mol. The van der Waals surface area contributed by atoms with Gasteiger partial charge in [0.1, 0.15) is 11.6 Å². The summed E-state index contributed by atoms with van der Waals surface area (Å²) >= 11 is 0. The van der Waals surface area contributed by atoms with Crippen molar-refractivity contribution in [3.8, 4) is 0 Å². The minimum Gasteiger partial charge on any atom is -0.318 e. The summed E-state index contributed by atoms with van der Waals surface area (Å²) in [6.45, 7) is 1.86. The Kier molecular flexibility index (Phi) is 2.68. The Hall–Kier alpha value is -1.74. The molecule has 2 aromatic rings. The Bertz CT molecular complexity index is 651. The first-order chi connectivity index (χ1) is 9.00. The minimum absolute atomic E-state index is 0.237. The molecule has 0 spiro atoms. The zero-order valence-corrected chi connectivity index (χ0v) is 10.7. The van der Waals surface area contributed by atoms with Gasteiger partial charge in [-0.1, -0.05) is 12.1 Å². The Morgan fingerprint density at radius 3 is 2.32 bits per heavy atom. The second-order valence-corrected chi connectivity index (χ2v) is 5.23. The van der Waals surface area contributed by atoms with E-state index in [0.29, 0.717) is 0 Å². The molecule has 0 radical (unpaired) electrons. The quantitative estimate of drug-likeness (QED) is 0.834. The van der Waals surface area contributed by atoms with Crippen molar-refractivity contribution in [3.05, 3.63) is 70.3 Å². The normalized spacial score (nSPS) is 21.5. The molecule has 0 heterocycles. The second-order valence-electron chi connectivity index (χ2n) is 5.23. The maximum Gasteiger partial charge on any atom is 0.123 e. The number of fused-ring (bicyclic) bond motifs is 1. The molecule has 2 N–H and O–H groups in total. The molecule has 1 aliphatic rings. The number of rotatable bonds is 1. The van der Waals surface area contributed by atoms with Crippen molar-refractivity contribution < 1.29 is 8.78 Å². The molecule has 1 aliphatic carbocycles. The maximum atomic E-state index is 13.3. The van der Waals surface area contributed by atoms with Gasteiger partial charge in [-0.05, 0) is 66.3 Å². The molecule has 0 saturated heterocycles. The van der Waals surface area contributed by atoms with E-state index in [-0.39, 0.29) is 11.6 Å². The topological polar surface area (TPSA) is 26.0 Å². The highest BCUT2D eigenvalue weighted by atomic mass is 19.1. The van der Waals surface area contributed by atoms with Crippen LogP contribution in [0.3, 0.4) is 0 Å². The van der Waals surface area contributed by atoms with E-state index in [1.54, 1.807) is 18.2 Å². The maximum absolute atomic E-state index is 13.3. The van der Waals surface area contributed by atoms with Crippen LogP contribution in [0.15, 0.2) is 36.4 Å². The van der Waals surface area contributed by atoms with Gasteiger partial charge in [-0.3, -0.25) is 0 Å². The van der Waals surface area contributed by atoms with Crippen LogP contribution in [-0.4, -0.2) is 0 Å². The van der Waals surface area contributed by atoms with E-state index in [0.717, 1.165) is 35.1 Å². The molecule has 0 bridgehead atoms. The first-order valence-corrected chi connectivity index (χ1v) is 6.35. The highest BCUT2D eigenvalue weighted by Crippen LogP contribution is 2.41. The van der Waals surface area contributed by atoms with Crippen molar-refractivity contribution in [2.24, 2.45) is 5.73 Å². The number of nitrogens with two attached hydrogens (primary N) is 1. The summed E-state index contributed by atoms with van der Waals surface area (Å²) in [7, 11) is 0. The summed E-state index contributed by atoms with van der Waals surface area (Å²) in [4.78, 5) is 0. The second kappa shape index (κ2) is 4.14. The summed E-state index contributed by atoms with van der Waals surface area (Å²) in [5.41, 5.74) is 9.56. The molecule has 2 aromatic carbocycles. The molecule has 1 atom stereocenters. The molecule has 1 unspecified atom stereocenters. The third-order valence-corrected chi connectivity index (χ3v) is 4.01. The molecule has 0 saturated carbocycles. The van der Waals surface area contributed by atoms with E-state index < -0.39 is 5.54 Å². The van der Waals surface area contributed by atoms with Gasteiger partial charge in [0, 0.05) is 0 Å². The summed E-state index contributed by atoms with van der Waals surface area (Å²) in [5.74, 6) is -0.499. The minimum atomic E-state index is -0.638. The van der Waals surface area contributed by atoms with Gasteiger partial charge in [-0.25, -0.2) is 8.78 Å². The SMILES string of the molecule is Cc1cc(F)ccc1C1(N)CCc2cc(F)ccc21. The summed E-state index contributed by atoms with van der Waals surface area (Å²) in [5, 5.41) is 0. The molecule has 0 aromatic heterocycles. The summed E-state index contributed by atoms with van der Waals surface area (Å²) in [6, 6.07) is 9.39. The van der Waals surface area contributed by atoms with Gasteiger partial charge in [0.05, 0.1) is 5.54 Å². The van der Waals surface area contributed by atoms with Crippen LogP contribution in [0.25, 0.3) is 0 Å². The Balaban J connectivity index is 2.16. The van der Waals surface area contributed by atoms with Crippen molar-refractivity contribution in [1.82, 2.24) is 0 Å². The Morgan fingerprint density at radius 1 is 1.00 bits per heavy atom. The lowest BCUT2D eigenvalue weighted by Gasteiger charge is -2.28. The largest absolute Gasteiger partial charge is 0.318 e. The van der Waals surface area contributed by atoms with Crippen LogP contribution in [0.5, 0.6) is 0 Å². The summed E-state index contributed by atoms with van der Waals surface area (Å²) in [6.07, 6.45) is 1.47. The van der Waals surface area contributed by atoms with Crippen LogP contribution < -0.4 is 5.73 Å².